The van der Waals surface area contributed by atoms with Crippen LogP contribution in [-0.4, -0.2) is 28.5 Å². The zero-order valence-corrected chi connectivity index (χ0v) is 20.4. The van der Waals surface area contributed by atoms with E-state index in [1.54, 1.807) is 73.8 Å². The lowest BCUT2D eigenvalue weighted by atomic mass is 10.2. The van der Waals surface area contributed by atoms with Crippen molar-refractivity contribution in [3.05, 3.63) is 82.1 Å². The highest BCUT2D eigenvalue weighted by Gasteiger charge is 2.22. The molecule has 4 rings (SSSR count). The van der Waals surface area contributed by atoms with Crippen molar-refractivity contribution >= 4 is 64.7 Å². The molecule has 0 radical (unpaired) electrons. The first-order chi connectivity index (χ1) is 15.3. The molecule has 0 aliphatic rings. The third-order valence-corrected chi connectivity index (χ3v) is 8.35. The summed E-state index contributed by atoms with van der Waals surface area (Å²) in [5, 5.41) is 3.66. The number of hydrogen-bond donors (Lipinski definition) is 1. The fraction of sp³-hybridized carbons (Fsp3) is 0.0870. The number of carbonyl (C=O) groups excluding carboxylic acids is 1. The Kier molecular flexibility index (Phi) is 6.23. The maximum atomic E-state index is 13.0. The second kappa shape index (κ2) is 8.93. The van der Waals surface area contributed by atoms with Gasteiger partial charge in [-0.3, -0.25) is 9.10 Å². The van der Waals surface area contributed by atoms with Gasteiger partial charge in [-0.1, -0.05) is 15.9 Å². The van der Waals surface area contributed by atoms with Crippen LogP contribution in [0, 0.1) is 0 Å². The van der Waals surface area contributed by atoms with Crippen molar-refractivity contribution in [1.82, 2.24) is 0 Å². The second-order valence-electron chi connectivity index (χ2n) is 6.94. The number of nitrogens with zero attached hydrogens (tertiary/aromatic N) is 1. The predicted molar refractivity (Wildman–Crippen MR) is 133 cm³/mol. The van der Waals surface area contributed by atoms with Crippen molar-refractivity contribution in [1.29, 1.82) is 0 Å². The number of rotatable bonds is 6. The van der Waals surface area contributed by atoms with E-state index in [-0.39, 0.29) is 10.8 Å². The first-order valence-corrected chi connectivity index (χ1v) is 12.6. The van der Waals surface area contributed by atoms with Gasteiger partial charge in [0.15, 0.2) is 0 Å². The number of benzene rings is 3. The number of methoxy groups -OCH3 is 1. The quantitative estimate of drug-likeness (QED) is 0.344. The Morgan fingerprint density at radius 1 is 1.00 bits per heavy atom. The first kappa shape index (κ1) is 22.3. The average Bonchev–Trinajstić information content (AvgIpc) is 3.23. The Bertz CT molecular complexity index is 1380. The van der Waals surface area contributed by atoms with Crippen LogP contribution in [0.4, 0.5) is 11.4 Å². The van der Waals surface area contributed by atoms with Crippen molar-refractivity contribution in [3.8, 4) is 5.75 Å². The van der Waals surface area contributed by atoms with E-state index in [1.807, 2.05) is 6.07 Å². The standard InChI is InChI=1S/C23H19BrN2O4S2/c1-26(32(28,29)20-10-3-16(24)4-11-20)18-7-12-21-15(13-18)14-22(31-21)23(27)25-17-5-8-19(30-2)9-6-17/h3-14H,1-2H3,(H,25,27). The van der Waals surface area contributed by atoms with E-state index < -0.39 is 10.0 Å². The largest absolute Gasteiger partial charge is 0.497 e. The molecule has 0 unspecified atom stereocenters. The highest BCUT2D eigenvalue weighted by molar-refractivity contribution is 9.10. The normalized spacial score (nSPS) is 11.3. The number of anilines is 2. The van der Waals surface area contributed by atoms with Gasteiger partial charge in [0.1, 0.15) is 5.75 Å². The molecule has 0 aliphatic heterocycles. The molecule has 1 N–H and O–H groups in total. The van der Waals surface area contributed by atoms with Crippen molar-refractivity contribution in [2.45, 2.75) is 4.90 Å². The lowest BCUT2D eigenvalue weighted by Crippen LogP contribution is -2.26. The van der Waals surface area contributed by atoms with Crippen molar-refractivity contribution in [3.63, 3.8) is 0 Å². The molecule has 9 heteroatoms. The van der Waals surface area contributed by atoms with Crippen LogP contribution in [0.15, 0.2) is 82.2 Å². The zero-order valence-electron chi connectivity index (χ0n) is 17.2. The fourth-order valence-corrected chi connectivity index (χ4v) is 5.50. The molecule has 1 amide bonds. The molecule has 0 atom stereocenters. The highest BCUT2D eigenvalue weighted by atomic mass is 79.9. The number of hydrogen-bond acceptors (Lipinski definition) is 5. The highest BCUT2D eigenvalue weighted by Crippen LogP contribution is 2.32. The third kappa shape index (κ3) is 4.50. The van der Waals surface area contributed by atoms with Gasteiger partial charge in [-0.15, -0.1) is 11.3 Å². The fourth-order valence-electron chi connectivity index (χ4n) is 3.11. The molecule has 0 spiro atoms. The van der Waals surface area contributed by atoms with E-state index in [2.05, 4.69) is 21.2 Å². The lowest BCUT2D eigenvalue weighted by Gasteiger charge is -2.19. The van der Waals surface area contributed by atoms with Gasteiger partial charge in [0.2, 0.25) is 0 Å². The molecule has 1 heterocycles. The van der Waals surface area contributed by atoms with Gasteiger partial charge in [-0.2, -0.15) is 0 Å². The molecule has 0 bridgehead atoms. The number of nitrogens with one attached hydrogen (secondary N) is 1. The van der Waals surface area contributed by atoms with E-state index in [9.17, 15) is 13.2 Å². The Morgan fingerprint density at radius 3 is 2.34 bits per heavy atom. The summed E-state index contributed by atoms with van der Waals surface area (Å²) in [6.45, 7) is 0. The van der Waals surface area contributed by atoms with Gasteiger partial charge in [-0.05, 0) is 78.2 Å². The molecule has 164 valence electrons. The monoisotopic (exact) mass is 530 g/mol. The van der Waals surface area contributed by atoms with E-state index in [0.717, 1.165) is 14.6 Å². The minimum atomic E-state index is -3.71. The number of sulfonamides is 1. The molecule has 32 heavy (non-hydrogen) atoms. The summed E-state index contributed by atoms with van der Waals surface area (Å²) in [7, 11) is -0.607. The Balaban J connectivity index is 1.58. The molecule has 0 aliphatic carbocycles. The Morgan fingerprint density at radius 2 is 1.69 bits per heavy atom. The summed E-state index contributed by atoms with van der Waals surface area (Å²) >= 11 is 4.67. The number of ether oxygens (including phenoxy) is 1. The molecule has 0 fully saturated rings. The van der Waals surface area contributed by atoms with Gasteiger partial charge in [0.05, 0.1) is 22.6 Å². The number of fused-ring (bicyclic) bond motifs is 1. The van der Waals surface area contributed by atoms with Gasteiger partial charge in [-0.25, -0.2) is 8.42 Å². The van der Waals surface area contributed by atoms with Crippen LogP contribution in [0.5, 0.6) is 5.75 Å². The molecule has 0 saturated carbocycles. The first-order valence-electron chi connectivity index (χ1n) is 9.51. The molecular weight excluding hydrogens is 512 g/mol. The summed E-state index contributed by atoms with van der Waals surface area (Å²) in [4.78, 5) is 13.4. The van der Waals surface area contributed by atoms with E-state index in [1.165, 1.54) is 22.7 Å². The molecule has 0 saturated heterocycles. The van der Waals surface area contributed by atoms with Crippen molar-refractivity contribution in [2.24, 2.45) is 0 Å². The third-order valence-electron chi connectivity index (χ3n) is 4.91. The number of carbonyl (C=O) groups is 1. The van der Waals surface area contributed by atoms with Crippen LogP contribution in [0.25, 0.3) is 10.1 Å². The summed E-state index contributed by atoms with van der Waals surface area (Å²) < 4.78 is 34.0. The van der Waals surface area contributed by atoms with Gasteiger partial charge >= 0.3 is 0 Å². The summed E-state index contributed by atoms with van der Waals surface area (Å²) in [5.74, 6) is 0.480. The molecule has 3 aromatic carbocycles. The van der Waals surface area contributed by atoms with Crippen LogP contribution in [0.3, 0.4) is 0 Å². The van der Waals surface area contributed by atoms with Crippen LogP contribution < -0.4 is 14.4 Å². The smallest absolute Gasteiger partial charge is 0.265 e. The predicted octanol–water partition coefficient (Wildman–Crippen LogP) is 5.75. The zero-order chi connectivity index (χ0) is 22.9. The minimum Gasteiger partial charge on any atom is -0.497 e. The molecular formula is C23H19BrN2O4S2. The maximum absolute atomic E-state index is 13.0. The summed E-state index contributed by atoms with van der Waals surface area (Å²) in [6.07, 6.45) is 0. The van der Waals surface area contributed by atoms with Gasteiger partial charge in [0, 0.05) is 21.9 Å². The summed E-state index contributed by atoms with van der Waals surface area (Å²) in [5.41, 5.74) is 1.18. The maximum Gasteiger partial charge on any atom is 0.265 e. The SMILES string of the molecule is COc1ccc(NC(=O)c2cc3cc(N(C)S(=O)(=O)c4ccc(Br)cc4)ccc3s2)cc1. The molecule has 1 aromatic heterocycles. The minimum absolute atomic E-state index is 0.202. The topological polar surface area (TPSA) is 75.7 Å². The van der Waals surface area contributed by atoms with Gasteiger partial charge < -0.3 is 10.1 Å². The number of amides is 1. The van der Waals surface area contributed by atoms with Crippen LogP contribution in [0.1, 0.15) is 9.67 Å². The number of halogens is 1. The van der Waals surface area contributed by atoms with Crippen molar-refractivity contribution < 1.29 is 17.9 Å². The molecule has 4 aromatic rings. The number of thiophene rings is 1. The van der Waals surface area contributed by atoms with Crippen LogP contribution in [0.2, 0.25) is 0 Å². The second-order valence-corrected chi connectivity index (χ2v) is 10.9. The van der Waals surface area contributed by atoms with E-state index in [0.29, 0.717) is 22.0 Å². The summed E-state index contributed by atoms with van der Waals surface area (Å²) in [6, 6.07) is 20.7. The van der Waals surface area contributed by atoms with Crippen LogP contribution in [-0.2, 0) is 10.0 Å². The van der Waals surface area contributed by atoms with Crippen LogP contribution >= 0.6 is 27.3 Å². The van der Waals surface area contributed by atoms with Crippen molar-refractivity contribution in [2.75, 3.05) is 23.8 Å². The van der Waals surface area contributed by atoms with Gasteiger partial charge in [0.25, 0.3) is 15.9 Å². The molecule has 6 nitrogen and oxygen atoms in total. The van der Waals surface area contributed by atoms with E-state index >= 15 is 0 Å². The lowest BCUT2D eigenvalue weighted by molar-refractivity contribution is 0.103. The Labute approximate surface area is 198 Å². The van der Waals surface area contributed by atoms with E-state index in [4.69, 9.17) is 4.74 Å². The average molecular weight is 531 g/mol. The Hall–Kier alpha value is -2.88.